The highest BCUT2D eigenvalue weighted by molar-refractivity contribution is 5.79. The molecule has 6 heteroatoms. The van der Waals surface area contributed by atoms with Crippen molar-refractivity contribution in [3.05, 3.63) is 0 Å². The van der Waals surface area contributed by atoms with Gasteiger partial charge in [0.15, 0.2) is 0 Å². The molecule has 0 aromatic heterocycles. The number of amides is 1. The van der Waals surface area contributed by atoms with Crippen LogP contribution in [0.5, 0.6) is 0 Å². The summed E-state index contributed by atoms with van der Waals surface area (Å²) in [6, 6.07) is 0.249. The lowest BCUT2D eigenvalue weighted by atomic mass is 10.1. The van der Waals surface area contributed by atoms with Crippen molar-refractivity contribution in [1.82, 2.24) is 10.2 Å². The zero-order chi connectivity index (χ0) is 14.8. The molecule has 1 aliphatic carbocycles. The van der Waals surface area contributed by atoms with E-state index in [9.17, 15) is 9.59 Å². The average molecular weight is 286 g/mol. The third kappa shape index (κ3) is 7.45. The molecule has 0 aliphatic heterocycles. The Balaban J connectivity index is 2.36. The Labute approximate surface area is 120 Å². The van der Waals surface area contributed by atoms with Crippen LogP contribution >= 0.6 is 0 Å². The maximum absolute atomic E-state index is 12.0. The fraction of sp³-hybridized carbons (Fsp3) is 0.857. The predicted octanol–water partition coefficient (Wildman–Crippen LogP) is 0.858. The summed E-state index contributed by atoms with van der Waals surface area (Å²) in [5, 5.41) is 11.9. The normalized spacial score (nSPS) is 16.9. The fourth-order valence-corrected chi connectivity index (χ4v) is 2.53. The number of nitrogens with one attached hydrogen (secondary N) is 1. The van der Waals surface area contributed by atoms with E-state index in [4.69, 9.17) is 9.84 Å². The lowest BCUT2D eigenvalue weighted by Gasteiger charge is -2.22. The lowest BCUT2D eigenvalue weighted by molar-refractivity contribution is -0.138. The van der Waals surface area contributed by atoms with Crippen molar-refractivity contribution in [2.24, 2.45) is 0 Å². The molecule has 6 nitrogen and oxygen atoms in total. The van der Waals surface area contributed by atoms with Crippen LogP contribution in [0.4, 0.5) is 0 Å². The Morgan fingerprint density at radius 2 is 1.85 bits per heavy atom. The van der Waals surface area contributed by atoms with Crippen LogP contribution in [0.1, 0.15) is 38.5 Å². The number of hydrogen-bond acceptors (Lipinski definition) is 4. The molecule has 0 aromatic carbocycles. The zero-order valence-corrected chi connectivity index (χ0v) is 12.3. The second-order valence-corrected chi connectivity index (χ2v) is 5.35. The molecule has 1 amide bonds. The minimum absolute atomic E-state index is 0.0887. The number of nitrogens with zero attached hydrogens (tertiary/aromatic N) is 1. The van der Waals surface area contributed by atoms with Crippen molar-refractivity contribution < 1.29 is 19.4 Å². The number of carboxylic acid groups (broad SMARTS) is 1. The van der Waals surface area contributed by atoms with Gasteiger partial charge in [-0.1, -0.05) is 25.7 Å². The van der Waals surface area contributed by atoms with Gasteiger partial charge in [0.2, 0.25) is 5.91 Å². The van der Waals surface area contributed by atoms with Gasteiger partial charge in [-0.05, 0) is 12.8 Å². The molecule has 0 radical (unpaired) electrons. The van der Waals surface area contributed by atoms with Gasteiger partial charge in [-0.2, -0.15) is 0 Å². The third-order valence-electron chi connectivity index (χ3n) is 3.56. The summed E-state index contributed by atoms with van der Waals surface area (Å²) < 4.78 is 4.94. The predicted molar refractivity (Wildman–Crippen MR) is 75.6 cm³/mol. The minimum Gasteiger partial charge on any atom is -0.480 e. The van der Waals surface area contributed by atoms with Gasteiger partial charge in [-0.15, -0.1) is 0 Å². The van der Waals surface area contributed by atoms with Crippen LogP contribution in [0, 0.1) is 0 Å². The van der Waals surface area contributed by atoms with Crippen molar-refractivity contribution in [3.8, 4) is 0 Å². The first-order valence-electron chi connectivity index (χ1n) is 7.34. The molecule has 1 fully saturated rings. The number of methoxy groups -OCH3 is 1. The van der Waals surface area contributed by atoms with E-state index < -0.39 is 5.97 Å². The Morgan fingerprint density at radius 1 is 1.20 bits per heavy atom. The second kappa shape index (κ2) is 9.72. The first kappa shape index (κ1) is 16.9. The SMILES string of the molecule is COCCN(CC(=O)O)CC(=O)NC1CCCCCC1. The van der Waals surface area contributed by atoms with Crippen LogP contribution in [-0.2, 0) is 14.3 Å². The van der Waals surface area contributed by atoms with Gasteiger partial charge in [0.05, 0.1) is 19.7 Å². The van der Waals surface area contributed by atoms with Crippen LogP contribution in [0.25, 0.3) is 0 Å². The molecule has 0 saturated heterocycles. The van der Waals surface area contributed by atoms with Gasteiger partial charge in [0, 0.05) is 19.7 Å². The third-order valence-corrected chi connectivity index (χ3v) is 3.56. The van der Waals surface area contributed by atoms with E-state index in [1.54, 1.807) is 12.0 Å². The van der Waals surface area contributed by atoms with Crippen molar-refractivity contribution in [2.45, 2.75) is 44.6 Å². The maximum Gasteiger partial charge on any atom is 0.317 e. The molecule has 0 unspecified atom stereocenters. The molecule has 0 heterocycles. The molecule has 116 valence electrons. The minimum atomic E-state index is -0.927. The van der Waals surface area contributed by atoms with Crippen molar-refractivity contribution in [2.75, 3.05) is 33.4 Å². The summed E-state index contributed by atoms with van der Waals surface area (Å²) in [6.45, 7) is 0.846. The summed E-state index contributed by atoms with van der Waals surface area (Å²) in [4.78, 5) is 24.4. The summed E-state index contributed by atoms with van der Waals surface area (Å²) in [6.07, 6.45) is 6.86. The highest BCUT2D eigenvalue weighted by atomic mass is 16.5. The van der Waals surface area contributed by atoms with Gasteiger partial charge in [0.25, 0.3) is 0 Å². The quantitative estimate of drug-likeness (QED) is 0.647. The van der Waals surface area contributed by atoms with Crippen LogP contribution < -0.4 is 5.32 Å². The van der Waals surface area contributed by atoms with Gasteiger partial charge in [-0.25, -0.2) is 0 Å². The van der Waals surface area contributed by atoms with Crippen molar-refractivity contribution in [1.29, 1.82) is 0 Å². The number of rotatable bonds is 8. The first-order chi connectivity index (χ1) is 9.61. The number of ether oxygens (including phenoxy) is 1. The highest BCUT2D eigenvalue weighted by Crippen LogP contribution is 2.17. The standard InChI is InChI=1S/C14H26N2O4/c1-20-9-8-16(11-14(18)19)10-13(17)15-12-6-4-2-3-5-7-12/h12H,2-11H2,1H3,(H,15,17)(H,18,19). The van der Waals surface area contributed by atoms with Gasteiger partial charge >= 0.3 is 5.97 Å². The number of carbonyl (C=O) groups is 2. The summed E-state index contributed by atoms with van der Waals surface area (Å²) >= 11 is 0. The molecule has 0 aromatic rings. The molecular formula is C14H26N2O4. The first-order valence-corrected chi connectivity index (χ1v) is 7.34. The molecule has 20 heavy (non-hydrogen) atoms. The van der Waals surface area contributed by atoms with Crippen LogP contribution in [0.15, 0.2) is 0 Å². The molecule has 0 spiro atoms. The Bertz CT molecular complexity index is 302. The topological polar surface area (TPSA) is 78.9 Å². The fourth-order valence-electron chi connectivity index (χ4n) is 2.53. The zero-order valence-electron chi connectivity index (χ0n) is 12.3. The molecule has 1 saturated carbocycles. The smallest absolute Gasteiger partial charge is 0.317 e. The van der Waals surface area contributed by atoms with Crippen LogP contribution in [0.3, 0.4) is 0 Å². The molecule has 0 atom stereocenters. The largest absolute Gasteiger partial charge is 0.480 e. The Morgan fingerprint density at radius 3 is 2.40 bits per heavy atom. The van der Waals surface area contributed by atoms with E-state index >= 15 is 0 Å². The van der Waals surface area contributed by atoms with Gasteiger partial charge < -0.3 is 15.2 Å². The molecule has 1 aliphatic rings. The van der Waals surface area contributed by atoms with Crippen LogP contribution in [-0.4, -0.2) is 61.3 Å². The van der Waals surface area contributed by atoms with E-state index in [0.717, 1.165) is 25.7 Å². The number of carboxylic acids is 1. The average Bonchev–Trinajstić information content (AvgIpc) is 2.63. The Hall–Kier alpha value is -1.14. The van der Waals surface area contributed by atoms with E-state index in [1.807, 2.05) is 0 Å². The molecule has 2 N–H and O–H groups in total. The molecule has 0 bridgehead atoms. The van der Waals surface area contributed by atoms with E-state index in [0.29, 0.717) is 13.2 Å². The van der Waals surface area contributed by atoms with E-state index in [1.165, 1.54) is 12.8 Å². The molecular weight excluding hydrogens is 260 g/mol. The summed E-state index contributed by atoms with van der Waals surface area (Å²) in [5.41, 5.74) is 0. The Kier molecular flexibility index (Phi) is 8.22. The second-order valence-electron chi connectivity index (χ2n) is 5.35. The van der Waals surface area contributed by atoms with Gasteiger partial charge in [-0.3, -0.25) is 14.5 Å². The number of carbonyl (C=O) groups excluding carboxylic acids is 1. The highest BCUT2D eigenvalue weighted by Gasteiger charge is 2.18. The summed E-state index contributed by atoms with van der Waals surface area (Å²) in [7, 11) is 1.56. The maximum atomic E-state index is 12.0. The summed E-state index contributed by atoms with van der Waals surface area (Å²) in [5.74, 6) is -1.02. The lowest BCUT2D eigenvalue weighted by Crippen LogP contribution is -2.44. The van der Waals surface area contributed by atoms with Crippen LogP contribution in [0.2, 0.25) is 0 Å². The monoisotopic (exact) mass is 286 g/mol. The number of aliphatic carboxylic acids is 1. The van der Waals surface area contributed by atoms with E-state index in [-0.39, 0.29) is 25.0 Å². The number of hydrogen-bond donors (Lipinski definition) is 2. The van der Waals surface area contributed by atoms with E-state index in [2.05, 4.69) is 5.32 Å². The molecule has 1 rings (SSSR count). The van der Waals surface area contributed by atoms with Crippen molar-refractivity contribution >= 4 is 11.9 Å². The van der Waals surface area contributed by atoms with Gasteiger partial charge in [0.1, 0.15) is 0 Å². The van der Waals surface area contributed by atoms with Crippen molar-refractivity contribution in [3.63, 3.8) is 0 Å².